The highest BCUT2D eigenvalue weighted by Crippen LogP contribution is 2.18. The van der Waals surface area contributed by atoms with Crippen molar-refractivity contribution in [3.63, 3.8) is 0 Å². The molecule has 0 spiro atoms. The molecule has 0 amide bonds. The number of benzene rings is 1. The van der Waals surface area contributed by atoms with Crippen LogP contribution in [0.25, 0.3) is 0 Å². The van der Waals surface area contributed by atoms with Gasteiger partial charge >= 0.3 is 0 Å². The molecule has 0 aromatic heterocycles. The van der Waals surface area contributed by atoms with Crippen LogP contribution in [0.1, 0.15) is 11.1 Å². The summed E-state index contributed by atoms with van der Waals surface area (Å²) in [6.45, 7) is 6.43. The van der Waals surface area contributed by atoms with Gasteiger partial charge in [-0.3, -0.25) is 0 Å². The Kier molecular flexibility index (Phi) is 6.84. The molecule has 0 saturated carbocycles. The summed E-state index contributed by atoms with van der Waals surface area (Å²) in [4.78, 5) is 2.04. The summed E-state index contributed by atoms with van der Waals surface area (Å²) in [6, 6.07) is 6.20. The average Bonchev–Trinajstić information content (AvgIpc) is 2.33. The predicted octanol–water partition coefficient (Wildman–Crippen LogP) is 1.62. The second-order valence-corrected chi connectivity index (χ2v) is 4.99. The Bertz CT molecular complexity index is 382. The Labute approximate surface area is 115 Å². The lowest BCUT2D eigenvalue weighted by Gasteiger charge is -2.20. The van der Waals surface area contributed by atoms with Crippen LogP contribution in [0.4, 0.5) is 0 Å². The number of likely N-dealkylation sites (N-methyl/N-ethyl adjacent to an activating group) is 1. The maximum absolute atomic E-state index is 9.61. The van der Waals surface area contributed by atoms with Gasteiger partial charge in [-0.2, -0.15) is 0 Å². The molecule has 0 aliphatic carbocycles. The van der Waals surface area contributed by atoms with E-state index in [1.807, 2.05) is 18.9 Å². The van der Waals surface area contributed by atoms with Crippen molar-refractivity contribution in [1.29, 1.82) is 0 Å². The minimum atomic E-state index is -0.448. The van der Waals surface area contributed by atoms with Gasteiger partial charge in [-0.25, -0.2) is 0 Å². The number of hydrogen-bond donors (Lipinski definition) is 1. The van der Waals surface area contributed by atoms with E-state index < -0.39 is 6.10 Å². The van der Waals surface area contributed by atoms with Crippen LogP contribution >= 0.6 is 0 Å². The van der Waals surface area contributed by atoms with Crippen LogP contribution in [0.15, 0.2) is 18.2 Å². The van der Waals surface area contributed by atoms with E-state index >= 15 is 0 Å². The predicted molar refractivity (Wildman–Crippen MR) is 76.8 cm³/mol. The van der Waals surface area contributed by atoms with Gasteiger partial charge < -0.3 is 19.5 Å². The van der Waals surface area contributed by atoms with Crippen LogP contribution in [-0.4, -0.2) is 56.6 Å². The average molecular weight is 267 g/mol. The van der Waals surface area contributed by atoms with Crippen molar-refractivity contribution >= 4 is 0 Å². The lowest BCUT2D eigenvalue weighted by molar-refractivity contribution is 0.0409. The van der Waals surface area contributed by atoms with Crippen LogP contribution in [0, 0.1) is 13.8 Å². The van der Waals surface area contributed by atoms with Crippen molar-refractivity contribution in [2.75, 3.05) is 40.5 Å². The van der Waals surface area contributed by atoms with Gasteiger partial charge in [-0.1, -0.05) is 12.1 Å². The number of hydrogen-bond acceptors (Lipinski definition) is 4. The highest BCUT2D eigenvalue weighted by atomic mass is 16.5. The van der Waals surface area contributed by atoms with Crippen LogP contribution in [0.3, 0.4) is 0 Å². The third kappa shape index (κ3) is 6.05. The van der Waals surface area contributed by atoms with Gasteiger partial charge in [0, 0.05) is 20.2 Å². The second-order valence-electron chi connectivity index (χ2n) is 4.99. The molecule has 108 valence electrons. The molecule has 0 aliphatic heterocycles. The smallest absolute Gasteiger partial charge is 0.122 e. The molecular weight excluding hydrogens is 242 g/mol. The van der Waals surface area contributed by atoms with Gasteiger partial charge in [-0.05, 0) is 38.1 Å². The van der Waals surface area contributed by atoms with Crippen molar-refractivity contribution in [2.45, 2.75) is 20.0 Å². The molecule has 0 radical (unpaired) electrons. The SMILES string of the molecule is COCC(O)CN(C)CCOc1cc(C)ccc1C. The van der Waals surface area contributed by atoms with E-state index in [1.54, 1.807) is 7.11 Å². The molecule has 1 aromatic rings. The molecule has 0 fully saturated rings. The fraction of sp³-hybridized carbons (Fsp3) is 0.600. The highest BCUT2D eigenvalue weighted by molar-refractivity contribution is 5.35. The van der Waals surface area contributed by atoms with E-state index in [1.165, 1.54) is 5.56 Å². The Morgan fingerprint density at radius 3 is 2.74 bits per heavy atom. The second kappa shape index (κ2) is 8.15. The molecule has 19 heavy (non-hydrogen) atoms. The van der Waals surface area contributed by atoms with Gasteiger partial charge in [0.1, 0.15) is 12.4 Å². The molecule has 4 nitrogen and oxygen atoms in total. The molecule has 1 atom stereocenters. The number of aliphatic hydroxyl groups excluding tert-OH is 1. The molecule has 1 aromatic carbocycles. The van der Waals surface area contributed by atoms with E-state index in [2.05, 4.69) is 25.1 Å². The first-order chi connectivity index (χ1) is 9.02. The number of ether oxygens (including phenoxy) is 2. The van der Waals surface area contributed by atoms with Gasteiger partial charge in [0.2, 0.25) is 0 Å². The summed E-state index contributed by atoms with van der Waals surface area (Å²) in [5.74, 6) is 0.936. The minimum Gasteiger partial charge on any atom is -0.492 e. The monoisotopic (exact) mass is 267 g/mol. The molecule has 0 heterocycles. The van der Waals surface area contributed by atoms with Gasteiger partial charge in [-0.15, -0.1) is 0 Å². The van der Waals surface area contributed by atoms with Gasteiger partial charge in [0.15, 0.2) is 0 Å². The molecule has 1 unspecified atom stereocenters. The summed E-state index contributed by atoms with van der Waals surface area (Å²) in [7, 11) is 3.55. The number of aryl methyl sites for hydroxylation is 2. The van der Waals surface area contributed by atoms with E-state index in [4.69, 9.17) is 9.47 Å². The van der Waals surface area contributed by atoms with Crippen molar-refractivity contribution in [3.8, 4) is 5.75 Å². The normalized spacial score (nSPS) is 12.7. The fourth-order valence-electron chi connectivity index (χ4n) is 1.87. The molecule has 1 rings (SSSR count). The van der Waals surface area contributed by atoms with E-state index in [0.29, 0.717) is 19.8 Å². The Hall–Kier alpha value is -1.10. The Morgan fingerprint density at radius 1 is 1.32 bits per heavy atom. The third-order valence-corrected chi connectivity index (χ3v) is 2.96. The summed E-state index contributed by atoms with van der Waals surface area (Å²) in [5.41, 5.74) is 2.34. The number of aliphatic hydroxyl groups is 1. The number of nitrogens with zero attached hydrogens (tertiary/aromatic N) is 1. The zero-order valence-corrected chi connectivity index (χ0v) is 12.3. The first-order valence-electron chi connectivity index (χ1n) is 6.58. The minimum absolute atomic E-state index is 0.363. The van der Waals surface area contributed by atoms with Gasteiger partial charge in [0.25, 0.3) is 0 Å². The molecule has 4 heteroatoms. The van der Waals surface area contributed by atoms with Crippen molar-refractivity contribution in [2.24, 2.45) is 0 Å². The quantitative estimate of drug-likeness (QED) is 0.777. The van der Waals surface area contributed by atoms with E-state index in [0.717, 1.165) is 17.9 Å². The zero-order valence-electron chi connectivity index (χ0n) is 12.3. The summed E-state index contributed by atoms with van der Waals surface area (Å²) >= 11 is 0. The standard InChI is InChI=1S/C15H25NO3/c1-12-5-6-13(2)15(9-12)19-8-7-16(3)10-14(17)11-18-4/h5-6,9,14,17H,7-8,10-11H2,1-4H3. The van der Waals surface area contributed by atoms with Crippen LogP contribution in [0.5, 0.6) is 5.75 Å². The Balaban J connectivity index is 2.31. The number of rotatable bonds is 8. The zero-order chi connectivity index (χ0) is 14.3. The molecular formula is C15H25NO3. The fourth-order valence-corrected chi connectivity index (χ4v) is 1.87. The topological polar surface area (TPSA) is 41.9 Å². The van der Waals surface area contributed by atoms with Crippen molar-refractivity contribution < 1.29 is 14.6 Å². The maximum Gasteiger partial charge on any atom is 0.122 e. The Morgan fingerprint density at radius 2 is 2.05 bits per heavy atom. The number of methoxy groups -OCH3 is 1. The molecule has 0 aliphatic rings. The molecule has 1 N–H and O–H groups in total. The van der Waals surface area contributed by atoms with Crippen molar-refractivity contribution in [3.05, 3.63) is 29.3 Å². The largest absolute Gasteiger partial charge is 0.492 e. The van der Waals surface area contributed by atoms with Gasteiger partial charge in [0.05, 0.1) is 12.7 Å². The van der Waals surface area contributed by atoms with Crippen LogP contribution in [0.2, 0.25) is 0 Å². The first-order valence-corrected chi connectivity index (χ1v) is 6.58. The van der Waals surface area contributed by atoms with Crippen molar-refractivity contribution in [1.82, 2.24) is 4.90 Å². The van der Waals surface area contributed by atoms with E-state index in [-0.39, 0.29) is 0 Å². The van der Waals surface area contributed by atoms with E-state index in [9.17, 15) is 5.11 Å². The first kappa shape index (κ1) is 16.0. The maximum atomic E-state index is 9.61. The van der Waals surface area contributed by atoms with Crippen LogP contribution < -0.4 is 4.74 Å². The lowest BCUT2D eigenvalue weighted by Crippen LogP contribution is -2.34. The van der Waals surface area contributed by atoms with Crippen LogP contribution in [-0.2, 0) is 4.74 Å². The molecule has 0 saturated heterocycles. The summed E-state index contributed by atoms with van der Waals surface area (Å²) in [5, 5.41) is 9.61. The third-order valence-electron chi connectivity index (χ3n) is 2.96. The highest BCUT2D eigenvalue weighted by Gasteiger charge is 2.08. The summed E-state index contributed by atoms with van der Waals surface area (Å²) < 4.78 is 10.7. The molecule has 0 bridgehead atoms. The lowest BCUT2D eigenvalue weighted by atomic mass is 10.1. The summed E-state index contributed by atoms with van der Waals surface area (Å²) in [6.07, 6.45) is -0.448.